The third-order valence-corrected chi connectivity index (χ3v) is 6.41. The quantitative estimate of drug-likeness (QED) is 0.783. The highest BCUT2D eigenvalue weighted by Crippen LogP contribution is 2.40. The van der Waals surface area contributed by atoms with E-state index in [1.54, 1.807) is 0 Å². The molecule has 0 amide bonds. The monoisotopic (exact) mass is 299 g/mol. The minimum absolute atomic E-state index is 0.535. The van der Waals surface area contributed by atoms with Crippen molar-refractivity contribution in [1.82, 2.24) is 5.32 Å². The van der Waals surface area contributed by atoms with Gasteiger partial charge in [-0.2, -0.15) is 11.8 Å². The molecule has 2 unspecified atom stereocenters. The Morgan fingerprint density at radius 3 is 2.55 bits per heavy atom. The fraction of sp³-hybridized carbons (Fsp3) is 0.938. The molecule has 116 valence electrons. The SMILES string of the molecule is CCCNC1(C(=O)O)CCCC(SC2CCCCC2)C1. The molecule has 0 saturated heterocycles. The van der Waals surface area contributed by atoms with Crippen molar-refractivity contribution in [2.45, 2.75) is 87.2 Å². The number of carboxylic acids is 1. The summed E-state index contributed by atoms with van der Waals surface area (Å²) in [5.41, 5.74) is -0.652. The second kappa shape index (κ2) is 7.69. The lowest BCUT2D eigenvalue weighted by Gasteiger charge is -2.39. The van der Waals surface area contributed by atoms with Crippen LogP contribution < -0.4 is 5.32 Å². The smallest absolute Gasteiger partial charge is 0.323 e. The van der Waals surface area contributed by atoms with E-state index in [1.807, 2.05) is 0 Å². The first kappa shape index (κ1) is 16.2. The molecule has 2 atom stereocenters. The molecular formula is C16H29NO2S. The molecular weight excluding hydrogens is 270 g/mol. The van der Waals surface area contributed by atoms with Crippen LogP contribution in [0.4, 0.5) is 0 Å². The minimum Gasteiger partial charge on any atom is -0.480 e. The Morgan fingerprint density at radius 2 is 1.90 bits per heavy atom. The highest BCUT2D eigenvalue weighted by atomic mass is 32.2. The Balaban J connectivity index is 1.92. The molecule has 4 heteroatoms. The van der Waals surface area contributed by atoms with E-state index < -0.39 is 11.5 Å². The molecule has 3 nitrogen and oxygen atoms in total. The first-order valence-electron chi connectivity index (χ1n) is 8.30. The lowest BCUT2D eigenvalue weighted by atomic mass is 9.81. The first-order chi connectivity index (χ1) is 9.66. The maximum atomic E-state index is 11.7. The van der Waals surface area contributed by atoms with E-state index in [-0.39, 0.29) is 0 Å². The summed E-state index contributed by atoms with van der Waals surface area (Å²) in [6.07, 6.45) is 11.6. The van der Waals surface area contributed by atoms with Crippen molar-refractivity contribution in [1.29, 1.82) is 0 Å². The van der Waals surface area contributed by atoms with Crippen LogP contribution in [0.2, 0.25) is 0 Å². The van der Waals surface area contributed by atoms with Gasteiger partial charge in [-0.25, -0.2) is 0 Å². The Hall–Kier alpha value is -0.220. The molecule has 2 N–H and O–H groups in total. The number of hydrogen-bond acceptors (Lipinski definition) is 3. The molecule has 0 heterocycles. The van der Waals surface area contributed by atoms with Gasteiger partial charge in [-0.3, -0.25) is 4.79 Å². The molecule has 2 aliphatic carbocycles. The number of hydrogen-bond donors (Lipinski definition) is 2. The second-order valence-corrected chi connectivity index (χ2v) is 8.03. The third kappa shape index (κ3) is 4.14. The summed E-state index contributed by atoms with van der Waals surface area (Å²) in [5, 5.41) is 14.3. The van der Waals surface area contributed by atoms with Crippen LogP contribution in [0.1, 0.15) is 71.1 Å². The van der Waals surface area contributed by atoms with Crippen LogP contribution in [-0.2, 0) is 4.79 Å². The predicted octanol–water partition coefficient (Wildman–Crippen LogP) is 3.82. The zero-order valence-corrected chi connectivity index (χ0v) is 13.5. The maximum absolute atomic E-state index is 11.7. The van der Waals surface area contributed by atoms with Crippen molar-refractivity contribution in [3.05, 3.63) is 0 Å². The van der Waals surface area contributed by atoms with Crippen molar-refractivity contribution < 1.29 is 9.90 Å². The predicted molar refractivity (Wildman–Crippen MR) is 85.4 cm³/mol. The van der Waals surface area contributed by atoms with Gasteiger partial charge < -0.3 is 10.4 Å². The van der Waals surface area contributed by atoms with Gasteiger partial charge in [0, 0.05) is 10.5 Å². The van der Waals surface area contributed by atoms with E-state index in [1.165, 1.54) is 38.5 Å². The Labute approximate surface area is 127 Å². The number of aliphatic carboxylic acids is 1. The van der Waals surface area contributed by atoms with Crippen LogP contribution in [0.25, 0.3) is 0 Å². The third-order valence-electron chi connectivity index (χ3n) is 4.77. The van der Waals surface area contributed by atoms with E-state index >= 15 is 0 Å². The molecule has 0 spiro atoms. The van der Waals surface area contributed by atoms with Crippen molar-refractivity contribution in [3.8, 4) is 0 Å². The van der Waals surface area contributed by atoms with Crippen molar-refractivity contribution >= 4 is 17.7 Å². The molecule has 0 aromatic rings. The summed E-state index contributed by atoms with van der Waals surface area (Å²) in [6.45, 7) is 2.91. The fourth-order valence-corrected chi connectivity index (χ4v) is 5.44. The average molecular weight is 299 g/mol. The minimum atomic E-state index is -0.652. The number of nitrogens with one attached hydrogen (secondary N) is 1. The van der Waals surface area contributed by atoms with Gasteiger partial charge in [0.25, 0.3) is 0 Å². The number of carboxylic acid groups (broad SMARTS) is 1. The number of rotatable bonds is 6. The fourth-order valence-electron chi connectivity index (χ4n) is 3.61. The summed E-state index contributed by atoms with van der Waals surface area (Å²) in [6, 6.07) is 0. The summed E-state index contributed by atoms with van der Waals surface area (Å²) in [7, 11) is 0. The van der Waals surface area contributed by atoms with Gasteiger partial charge >= 0.3 is 5.97 Å². The molecule has 0 aromatic carbocycles. The summed E-state index contributed by atoms with van der Waals surface area (Å²) >= 11 is 2.09. The zero-order valence-electron chi connectivity index (χ0n) is 12.7. The molecule has 2 rings (SSSR count). The molecule has 2 fully saturated rings. The van der Waals surface area contributed by atoms with Gasteiger partial charge in [0.1, 0.15) is 5.54 Å². The normalized spacial score (nSPS) is 32.1. The van der Waals surface area contributed by atoms with Gasteiger partial charge in [-0.1, -0.05) is 26.2 Å². The zero-order chi connectivity index (χ0) is 14.4. The summed E-state index contributed by atoms with van der Waals surface area (Å²) < 4.78 is 0. The van der Waals surface area contributed by atoms with Crippen LogP contribution in [0.5, 0.6) is 0 Å². The van der Waals surface area contributed by atoms with Crippen LogP contribution in [0.3, 0.4) is 0 Å². The molecule has 0 radical (unpaired) electrons. The number of carbonyl (C=O) groups is 1. The largest absolute Gasteiger partial charge is 0.480 e. The van der Waals surface area contributed by atoms with Crippen LogP contribution in [0, 0.1) is 0 Å². The molecule has 2 aliphatic rings. The molecule has 2 saturated carbocycles. The topological polar surface area (TPSA) is 49.3 Å². The molecule has 20 heavy (non-hydrogen) atoms. The molecule has 0 bridgehead atoms. The Morgan fingerprint density at radius 1 is 1.20 bits per heavy atom. The van der Waals surface area contributed by atoms with Crippen molar-refractivity contribution in [2.75, 3.05) is 6.54 Å². The molecule has 0 aromatic heterocycles. The van der Waals surface area contributed by atoms with Crippen molar-refractivity contribution in [3.63, 3.8) is 0 Å². The standard InChI is InChI=1S/C16H29NO2S/c1-2-11-17-16(15(18)19)10-6-9-14(12-16)20-13-7-4-3-5-8-13/h13-14,17H,2-12H2,1H3,(H,18,19). The molecule has 0 aliphatic heterocycles. The van der Waals surface area contributed by atoms with Crippen molar-refractivity contribution in [2.24, 2.45) is 0 Å². The average Bonchev–Trinajstić information content (AvgIpc) is 2.46. The van der Waals surface area contributed by atoms with Gasteiger partial charge in [0.2, 0.25) is 0 Å². The van der Waals surface area contributed by atoms with E-state index in [0.29, 0.717) is 5.25 Å². The summed E-state index contributed by atoms with van der Waals surface area (Å²) in [5.74, 6) is -0.639. The summed E-state index contributed by atoms with van der Waals surface area (Å²) in [4.78, 5) is 11.7. The highest BCUT2D eigenvalue weighted by Gasteiger charge is 2.43. The van der Waals surface area contributed by atoms with Gasteiger partial charge in [-0.15, -0.1) is 0 Å². The second-order valence-electron chi connectivity index (χ2n) is 6.43. The maximum Gasteiger partial charge on any atom is 0.323 e. The van der Waals surface area contributed by atoms with Crippen LogP contribution >= 0.6 is 11.8 Å². The van der Waals surface area contributed by atoms with E-state index in [2.05, 4.69) is 24.0 Å². The van der Waals surface area contributed by atoms with Crippen LogP contribution in [-0.4, -0.2) is 33.7 Å². The lowest BCUT2D eigenvalue weighted by Crippen LogP contribution is -2.55. The van der Waals surface area contributed by atoms with Gasteiger partial charge in [-0.05, 0) is 51.5 Å². The van der Waals surface area contributed by atoms with E-state index in [4.69, 9.17) is 0 Å². The Bertz CT molecular complexity index is 318. The van der Waals surface area contributed by atoms with Gasteiger partial charge in [0.15, 0.2) is 0 Å². The van der Waals surface area contributed by atoms with Gasteiger partial charge in [0.05, 0.1) is 0 Å². The Kier molecular flexibility index (Phi) is 6.21. The highest BCUT2D eigenvalue weighted by molar-refractivity contribution is 8.00. The van der Waals surface area contributed by atoms with E-state index in [0.717, 1.165) is 37.5 Å². The first-order valence-corrected chi connectivity index (χ1v) is 9.24. The van der Waals surface area contributed by atoms with Crippen LogP contribution in [0.15, 0.2) is 0 Å². The van der Waals surface area contributed by atoms with E-state index in [9.17, 15) is 9.90 Å². The number of thioether (sulfide) groups is 1. The lowest BCUT2D eigenvalue weighted by molar-refractivity contribution is -0.146.